The second-order valence-corrected chi connectivity index (χ2v) is 7.97. The number of pyridine rings is 1. The van der Waals surface area contributed by atoms with E-state index >= 15 is 0 Å². The number of nitrogens with two attached hydrogens (primary N) is 1. The number of nitrogens with one attached hydrogen (secondary N) is 1. The zero-order valence-electron chi connectivity index (χ0n) is 18.3. The second-order valence-electron chi connectivity index (χ2n) is 7.97. The van der Waals surface area contributed by atoms with Crippen LogP contribution >= 0.6 is 0 Å². The van der Waals surface area contributed by atoms with Crippen molar-refractivity contribution in [2.45, 2.75) is 13.3 Å². The molecular weight excluding hydrogens is 384 g/mol. The number of allylic oxidation sites excluding steroid dienone is 4. The van der Waals surface area contributed by atoms with Crippen molar-refractivity contribution in [2.24, 2.45) is 0 Å². The highest BCUT2D eigenvalue weighted by Crippen LogP contribution is 2.25. The topological polar surface area (TPSA) is 74.1 Å². The summed E-state index contributed by atoms with van der Waals surface area (Å²) in [6.07, 6.45) is 10.5. The van der Waals surface area contributed by atoms with Crippen LogP contribution in [0, 0.1) is 0 Å². The van der Waals surface area contributed by atoms with Crippen molar-refractivity contribution in [1.82, 2.24) is 24.8 Å². The van der Waals surface area contributed by atoms with E-state index in [-0.39, 0.29) is 0 Å². The van der Waals surface area contributed by atoms with Crippen LogP contribution in [-0.2, 0) is 6.42 Å². The van der Waals surface area contributed by atoms with Gasteiger partial charge in [0.1, 0.15) is 5.82 Å². The van der Waals surface area contributed by atoms with Crippen molar-refractivity contribution in [2.75, 3.05) is 39.0 Å². The fraction of sp³-hybridized carbons (Fsp3) is 0.280. The predicted octanol–water partition coefficient (Wildman–Crippen LogP) is 3.85. The van der Waals surface area contributed by atoms with Gasteiger partial charge in [-0.15, -0.1) is 0 Å². The van der Waals surface area contributed by atoms with Crippen molar-refractivity contribution < 1.29 is 0 Å². The van der Waals surface area contributed by atoms with E-state index in [1.807, 2.05) is 18.2 Å². The molecule has 1 saturated heterocycles. The number of anilines is 1. The third-order valence-corrected chi connectivity index (χ3v) is 5.86. The minimum atomic E-state index is 0.641. The van der Waals surface area contributed by atoms with Crippen molar-refractivity contribution in [3.05, 3.63) is 84.1 Å². The average Bonchev–Trinajstić information content (AvgIpc) is 3.19. The Balaban J connectivity index is 1.60. The van der Waals surface area contributed by atoms with Crippen LogP contribution in [0.3, 0.4) is 0 Å². The second kappa shape index (κ2) is 9.18. The Morgan fingerprint density at radius 3 is 2.74 bits per heavy atom. The summed E-state index contributed by atoms with van der Waals surface area (Å²) in [5.74, 6) is 0.883. The summed E-state index contributed by atoms with van der Waals surface area (Å²) in [6, 6.07) is 8.14. The largest absolute Gasteiger partial charge is 0.398 e. The summed E-state index contributed by atoms with van der Waals surface area (Å²) in [5.41, 5.74) is 13.4. The molecule has 0 saturated carbocycles. The molecular formula is C25H30N6. The molecule has 1 aromatic carbocycles. The number of hydrogen-bond donors (Lipinski definition) is 2. The highest BCUT2D eigenvalue weighted by atomic mass is 15.2. The Kier molecular flexibility index (Phi) is 6.18. The number of likely N-dealkylation sites (N-methyl/N-ethyl adjacent to an activating group) is 1. The molecule has 3 N–H and O–H groups in total. The number of benzene rings is 1. The maximum absolute atomic E-state index is 6.31. The van der Waals surface area contributed by atoms with Crippen LogP contribution in [0.2, 0.25) is 0 Å². The molecule has 0 unspecified atom stereocenters. The molecule has 3 aromatic rings. The molecule has 4 rings (SSSR count). The monoisotopic (exact) mass is 414 g/mol. The molecule has 6 nitrogen and oxygen atoms in total. The van der Waals surface area contributed by atoms with Gasteiger partial charge in [0.2, 0.25) is 0 Å². The van der Waals surface area contributed by atoms with E-state index < -0.39 is 0 Å². The normalized spacial score (nSPS) is 16.1. The molecule has 6 heteroatoms. The van der Waals surface area contributed by atoms with Gasteiger partial charge in [0.15, 0.2) is 0 Å². The van der Waals surface area contributed by atoms with E-state index in [1.165, 1.54) is 0 Å². The average molecular weight is 415 g/mol. The number of H-pyrrole nitrogens is 1. The van der Waals surface area contributed by atoms with Gasteiger partial charge in [-0.25, -0.2) is 4.98 Å². The number of piperazine rings is 1. The maximum atomic E-state index is 6.31. The van der Waals surface area contributed by atoms with Crippen LogP contribution in [0.5, 0.6) is 0 Å². The molecule has 0 spiro atoms. The van der Waals surface area contributed by atoms with Gasteiger partial charge in [0.25, 0.3) is 0 Å². The van der Waals surface area contributed by atoms with Gasteiger partial charge in [-0.3, -0.25) is 4.98 Å². The third-order valence-electron chi connectivity index (χ3n) is 5.86. The molecule has 1 aliphatic rings. The molecule has 0 atom stereocenters. The highest BCUT2D eigenvalue weighted by Gasteiger charge is 2.15. The summed E-state index contributed by atoms with van der Waals surface area (Å²) in [7, 11) is 2.17. The highest BCUT2D eigenvalue weighted by molar-refractivity contribution is 5.77. The zero-order valence-corrected chi connectivity index (χ0v) is 18.3. The van der Waals surface area contributed by atoms with E-state index in [0.29, 0.717) is 6.42 Å². The SMILES string of the molecule is C=C/C(=C\C(=C/C)c1ccc(N)c(Cc2nc3ccncc3[nH]2)c1)N1CCN(C)CC1. The first-order valence-electron chi connectivity index (χ1n) is 10.7. The van der Waals surface area contributed by atoms with Crippen LogP contribution in [-0.4, -0.2) is 58.0 Å². The quantitative estimate of drug-likeness (QED) is 0.473. The lowest BCUT2D eigenvalue weighted by molar-refractivity contribution is 0.190. The van der Waals surface area contributed by atoms with Crippen molar-refractivity contribution >= 4 is 22.3 Å². The first-order chi connectivity index (χ1) is 15.1. The first kappa shape index (κ1) is 20.9. The Morgan fingerprint density at radius 1 is 1.23 bits per heavy atom. The van der Waals surface area contributed by atoms with Gasteiger partial charge in [-0.1, -0.05) is 18.7 Å². The number of hydrogen-bond acceptors (Lipinski definition) is 5. The number of imidazole rings is 1. The predicted molar refractivity (Wildman–Crippen MR) is 129 cm³/mol. The van der Waals surface area contributed by atoms with Crippen molar-refractivity contribution in [1.29, 1.82) is 0 Å². The lowest BCUT2D eigenvalue weighted by Gasteiger charge is -2.34. The summed E-state index contributed by atoms with van der Waals surface area (Å²) >= 11 is 0. The van der Waals surface area contributed by atoms with E-state index in [1.54, 1.807) is 12.4 Å². The zero-order chi connectivity index (χ0) is 21.8. The molecule has 160 valence electrons. The Bertz CT molecular complexity index is 1100. The number of fused-ring (bicyclic) bond motifs is 1. The number of aromatic nitrogens is 3. The lowest BCUT2D eigenvalue weighted by atomic mass is 9.99. The van der Waals surface area contributed by atoms with Crippen LogP contribution in [0.25, 0.3) is 16.6 Å². The van der Waals surface area contributed by atoms with Crippen LogP contribution < -0.4 is 5.73 Å². The van der Waals surface area contributed by atoms with Gasteiger partial charge in [0.05, 0.1) is 17.2 Å². The van der Waals surface area contributed by atoms with Crippen LogP contribution in [0.15, 0.2) is 67.2 Å². The summed E-state index contributed by atoms with van der Waals surface area (Å²) in [6.45, 7) is 10.3. The molecule has 1 fully saturated rings. The fourth-order valence-electron chi connectivity index (χ4n) is 3.95. The molecule has 1 aliphatic heterocycles. The Labute approximate surface area is 183 Å². The van der Waals surface area contributed by atoms with Gasteiger partial charge in [-0.05, 0) is 61.0 Å². The summed E-state index contributed by atoms with van der Waals surface area (Å²) in [4.78, 5) is 16.9. The van der Waals surface area contributed by atoms with Gasteiger partial charge >= 0.3 is 0 Å². The van der Waals surface area contributed by atoms with Crippen LogP contribution in [0.4, 0.5) is 5.69 Å². The minimum Gasteiger partial charge on any atom is -0.398 e. The van der Waals surface area contributed by atoms with E-state index in [9.17, 15) is 0 Å². The van der Waals surface area contributed by atoms with Gasteiger partial charge in [-0.2, -0.15) is 0 Å². The van der Waals surface area contributed by atoms with Gasteiger partial charge in [0, 0.05) is 50.2 Å². The number of aromatic amines is 1. The first-order valence-corrected chi connectivity index (χ1v) is 10.7. The molecule has 3 heterocycles. The number of rotatable bonds is 6. The molecule has 31 heavy (non-hydrogen) atoms. The lowest BCUT2D eigenvalue weighted by Crippen LogP contribution is -2.43. The third kappa shape index (κ3) is 4.70. The number of nitrogen functional groups attached to an aromatic ring is 1. The fourth-order valence-corrected chi connectivity index (χ4v) is 3.95. The van der Waals surface area contributed by atoms with Crippen molar-refractivity contribution in [3.8, 4) is 0 Å². The van der Waals surface area contributed by atoms with E-state index in [2.05, 4.69) is 69.6 Å². The van der Waals surface area contributed by atoms with E-state index in [0.717, 1.165) is 71.1 Å². The standard InChI is InChI=1S/C25H30N6/c1-4-18(15-21(5-2)31-12-10-30(3)11-13-31)19-6-7-22(26)20(14-19)16-25-28-23-8-9-27-17-24(23)29-25/h4-9,14-15,17H,2,10-13,16,26H2,1,3H3,(H,28,29)/b18-4+,21-15+. The molecule has 0 radical (unpaired) electrons. The minimum absolute atomic E-state index is 0.641. The molecule has 0 amide bonds. The number of nitrogens with zero attached hydrogens (tertiary/aromatic N) is 4. The summed E-state index contributed by atoms with van der Waals surface area (Å²) < 4.78 is 0. The molecule has 2 aromatic heterocycles. The Hall–Kier alpha value is -3.38. The van der Waals surface area contributed by atoms with Gasteiger partial charge < -0.3 is 20.5 Å². The molecule has 0 aliphatic carbocycles. The maximum Gasteiger partial charge on any atom is 0.111 e. The Morgan fingerprint density at radius 2 is 2.03 bits per heavy atom. The smallest absolute Gasteiger partial charge is 0.111 e. The van der Waals surface area contributed by atoms with Crippen LogP contribution in [0.1, 0.15) is 23.9 Å². The van der Waals surface area contributed by atoms with E-state index in [4.69, 9.17) is 5.73 Å². The molecule has 0 bridgehead atoms. The van der Waals surface area contributed by atoms with Crippen molar-refractivity contribution in [3.63, 3.8) is 0 Å². The summed E-state index contributed by atoms with van der Waals surface area (Å²) in [5, 5.41) is 0.